The van der Waals surface area contributed by atoms with Gasteiger partial charge in [-0.25, -0.2) is 13.1 Å². The first kappa shape index (κ1) is 28.5. The van der Waals surface area contributed by atoms with Crippen molar-refractivity contribution in [3.05, 3.63) is 30.3 Å². The molecule has 0 saturated carbocycles. The Morgan fingerprint density at radius 2 is 1.41 bits per heavy atom. The van der Waals surface area contributed by atoms with Crippen LogP contribution in [0.3, 0.4) is 0 Å². The molecule has 0 fully saturated rings. The van der Waals surface area contributed by atoms with E-state index in [2.05, 4.69) is 20.7 Å². The molecule has 0 saturated heterocycles. The van der Waals surface area contributed by atoms with Gasteiger partial charge in [-0.1, -0.05) is 24.6 Å². The predicted molar refractivity (Wildman–Crippen MR) is 130 cm³/mol. The van der Waals surface area contributed by atoms with E-state index in [4.69, 9.17) is 11.5 Å². The minimum atomic E-state index is -3.48. The fourth-order valence-corrected chi connectivity index (χ4v) is 4.14. The van der Waals surface area contributed by atoms with Crippen LogP contribution in [-0.2, 0) is 14.8 Å². The van der Waals surface area contributed by atoms with Crippen molar-refractivity contribution in [3.8, 4) is 0 Å². The van der Waals surface area contributed by atoms with E-state index < -0.39 is 16.1 Å². The molecule has 10 heteroatoms. The van der Waals surface area contributed by atoms with Crippen molar-refractivity contribution in [2.75, 3.05) is 45.8 Å². The lowest BCUT2D eigenvalue weighted by molar-refractivity contribution is -0.122. The van der Waals surface area contributed by atoms with Crippen LogP contribution in [-0.4, -0.2) is 66.2 Å². The lowest BCUT2D eigenvalue weighted by Gasteiger charge is -2.13. The molecular formula is C22H42N6O3S. The fourth-order valence-electron chi connectivity index (χ4n) is 3.04. The summed E-state index contributed by atoms with van der Waals surface area (Å²) in [4.78, 5) is 12.3. The molecule has 0 aliphatic rings. The second-order valence-electron chi connectivity index (χ2n) is 7.81. The van der Waals surface area contributed by atoms with Crippen molar-refractivity contribution in [2.24, 2.45) is 11.5 Å². The monoisotopic (exact) mass is 470 g/mol. The number of carbonyl (C=O) groups is 1. The largest absolute Gasteiger partial charge is 0.355 e. The van der Waals surface area contributed by atoms with Gasteiger partial charge >= 0.3 is 0 Å². The molecule has 0 aliphatic heterocycles. The van der Waals surface area contributed by atoms with Crippen molar-refractivity contribution >= 4 is 15.9 Å². The van der Waals surface area contributed by atoms with Gasteiger partial charge in [-0.2, -0.15) is 0 Å². The molecular weight excluding hydrogens is 428 g/mol. The standard InChI is InChI=1S/C22H42N6O3S/c23-13-8-16-25-14-6-7-15-26-17-9-18-27-22(29)21(24)12-4-5-19-28-32(30,31)20-10-2-1-3-11-20/h1-3,10-11,21,25-26,28H,4-9,12-19,23-24H2,(H,27,29). The average Bonchev–Trinajstić information content (AvgIpc) is 2.79. The number of benzene rings is 1. The Hall–Kier alpha value is -1.56. The molecule has 9 nitrogen and oxygen atoms in total. The normalized spacial score (nSPS) is 12.6. The number of sulfonamides is 1. The predicted octanol–water partition coefficient (Wildman–Crippen LogP) is 0.277. The summed E-state index contributed by atoms with van der Waals surface area (Å²) in [5.74, 6) is -0.154. The van der Waals surface area contributed by atoms with Crippen LogP contribution in [0.15, 0.2) is 35.2 Å². The zero-order chi connectivity index (χ0) is 23.5. The first-order valence-corrected chi connectivity index (χ1v) is 13.1. The fraction of sp³-hybridized carbons (Fsp3) is 0.682. The maximum absolute atomic E-state index is 12.1. The van der Waals surface area contributed by atoms with E-state index in [9.17, 15) is 13.2 Å². The van der Waals surface area contributed by atoms with Crippen molar-refractivity contribution < 1.29 is 13.2 Å². The molecule has 0 heterocycles. The van der Waals surface area contributed by atoms with Crippen LogP contribution in [0.5, 0.6) is 0 Å². The Kier molecular flexibility index (Phi) is 16.0. The zero-order valence-electron chi connectivity index (χ0n) is 19.2. The molecule has 1 amide bonds. The first-order valence-electron chi connectivity index (χ1n) is 11.7. The number of nitrogens with two attached hydrogens (primary N) is 2. The van der Waals surface area contributed by atoms with Gasteiger partial charge in [0.15, 0.2) is 0 Å². The maximum atomic E-state index is 12.1. The van der Waals surface area contributed by atoms with E-state index in [1.807, 2.05) is 0 Å². The molecule has 32 heavy (non-hydrogen) atoms. The zero-order valence-corrected chi connectivity index (χ0v) is 20.0. The van der Waals surface area contributed by atoms with Gasteiger partial charge in [0.2, 0.25) is 15.9 Å². The van der Waals surface area contributed by atoms with E-state index in [1.165, 1.54) is 0 Å². The van der Waals surface area contributed by atoms with E-state index in [0.29, 0.717) is 32.4 Å². The van der Waals surface area contributed by atoms with Crippen LogP contribution >= 0.6 is 0 Å². The second-order valence-corrected chi connectivity index (χ2v) is 9.57. The van der Waals surface area contributed by atoms with Gasteiger partial charge in [-0.05, 0) is 83.4 Å². The molecule has 0 aromatic heterocycles. The molecule has 1 rings (SSSR count). The number of rotatable bonds is 20. The third-order valence-electron chi connectivity index (χ3n) is 4.97. The molecule has 1 aromatic carbocycles. The average molecular weight is 471 g/mol. The highest BCUT2D eigenvalue weighted by Gasteiger charge is 2.14. The molecule has 1 atom stereocenters. The van der Waals surface area contributed by atoms with Gasteiger partial charge in [0.05, 0.1) is 10.9 Å². The molecule has 184 valence electrons. The maximum Gasteiger partial charge on any atom is 0.240 e. The highest BCUT2D eigenvalue weighted by Crippen LogP contribution is 2.07. The van der Waals surface area contributed by atoms with Crippen LogP contribution in [0.4, 0.5) is 0 Å². The summed E-state index contributed by atoms with van der Waals surface area (Å²) in [5, 5.41) is 9.60. The molecule has 0 bridgehead atoms. The smallest absolute Gasteiger partial charge is 0.240 e. The van der Waals surface area contributed by atoms with E-state index in [-0.39, 0.29) is 10.8 Å². The highest BCUT2D eigenvalue weighted by molar-refractivity contribution is 7.89. The number of carbonyl (C=O) groups excluding carboxylic acids is 1. The van der Waals surface area contributed by atoms with Gasteiger partial charge in [-0.3, -0.25) is 4.79 Å². The number of unbranched alkanes of at least 4 members (excludes halogenated alkanes) is 2. The van der Waals surface area contributed by atoms with E-state index in [1.54, 1.807) is 30.3 Å². The number of amides is 1. The Bertz CT molecular complexity index is 703. The van der Waals surface area contributed by atoms with Crippen LogP contribution in [0.2, 0.25) is 0 Å². The van der Waals surface area contributed by atoms with Crippen LogP contribution in [0, 0.1) is 0 Å². The Morgan fingerprint density at radius 3 is 2.06 bits per heavy atom. The molecule has 8 N–H and O–H groups in total. The minimum Gasteiger partial charge on any atom is -0.355 e. The summed E-state index contributed by atoms with van der Waals surface area (Å²) >= 11 is 0. The summed E-state index contributed by atoms with van der Waals surface area (Å²) in [5.41, 5.74) is 11.4. The van der Waals surface area contributed by atoms with Gasteiger partial charge in [0.25, 0.3) is 0 Å². The number of hydrogen-bond acceptors (Lipinski definition) is 7. The van der Waals surface area contributed by atoms with Crippen molar-refractivity contribution in [1.82, 2.24) is 20.7 Å². The Morgan fingerprint density at radius 1 is 0.812 bits per heavy atom. The minimum absolute atomic E-state index is 0.154. The number of hydrogen-bond donors (Lipinski definition) is 6. The van der Waals surface area contributed by atoms with Gasteiger partial charge in [0, 0.05) is 13.1 Å². The Labute approximate surface area is 193 Å². The van der Waals surface area contributed by atoms with Crippen molar-refractivity contribution in [2.45, 2.75) is 55.9 Å². The van der Waals surface area contributed by atoms with Gasteiger partial charge in [0.1, 0.15) is 0 Å². The van der Waals surface area contributed by atoms with Gasteiger partial charge < -0.3 is 27.4 Å². The second kappa shape index (κ2) is 17.9. The van der Waals surface area contributed by atoms with Crippen molar-refractivity contribution in [3.63, 3.8) is 0 Å². The Balaban J connectivity index is 1.96. The molecule has 0 spiro atoms. The highest BCUT2D eigenvalue weighted by atomic mass is 32.2. The summed E-state index contributed by atoms with van der Waals surface area (Å²) in [6.07, 6.45) is 5.95. The van der Waals surface area contributed by atoms with Gasteiger partial charge in [-0.15, -0.1) is 0 Å². The third kappa shape index (κ3) is 13.8. The summed E-state index contributed by atoms with van der Waals surface area (Å²) < 4.78 is 26.8. The van der Waals surface area contributed by atoms with Crippen LogP contribution in [0.25, 0.3) is 0 Å². The topological polar surface area (TPSA) is 151 Å². The molecule has 1 aromatic rings. The SMILES string of the molecule is NCCCNCCCCNCCCNC(=O)C(N)CCCCNS(=O)(=O)c1ccccc1. The van der Waals surface area contributed by atoms with Crippen LogP contribution < -0.4 is 32.1 Å². The summed E-state index contributed by atoms with van der Waals surface area (Å²) in [7, 11) is -3.48. The summed E-state index contributed by atoms with van der Waals surface area (Å²) in [6, 6.07) is 7.69. The number of nitrogens with one attached hydrogen (secondary N) is 4. The molecule has 0 radical (unpaired) electrons. The first-order chi connectivity index (χ1) is 15.5. The lowest BCUT2D eigenvalue weighted by atomic mass is 10.1. The molecule has 1 unspecified atom stereocenters. The third-order valence-corrected chi connectivity index (χ3v) is 6.45. The van der Waals surface area contributed by atoms with Crippen molar-refractivity contribution in [1.29, 1.82) is 0 Å². The van der Waals surface area contributed by atoms with Crippen LogP contribution in [0.1, 0.15) is 44.9 Å². The van der Waals surface area contributed by atoms with E-state index in [0.717, 1.165) is 58.4 Å². The summed E-state index contributed by atoms with van der Waals surface area (Å²) in [6.45, 7) is 5.48. The molecule has 0 aliphatic carbocycles. The lowest BCUT2D eigenvalue weighted by Crippen LogP contribution is -2.41. The quantitative estimate of drug-likeness (QED) is 0.150. The van der Waals surface area contributed by atoms with E-state index >= 15 is 0 Å².